The molecule has 1 heterocycles. The van der Waals surface area contributed by atoms with E-state index in [1.54, 1.807) is 6.20 Å². The molecule has 0 spiro atoms. The van der Waals surface area contributed by atoms with E-state index < -0.39 is 12.6 Å². The molecule has 0 saturated carbocycles. The highest BCUT2D eigenvalue weighted by Gasteiger charge is 2.26. The average Bonchev–Trinajstić information content (AvgIpc) is 3.01. The standard InChI is InChI=1S/C16H19F3N4O/c1-2-20-15(21-9-8-16(17,18)19)23-11-14-22-10-13(24-14)12-6-4-3-5-7-12/h3-7,10H,2,8-9,11H2,1H3,(H2,20,21,23). The molecule has 0 aliphatic carbocycles. The summed E-state index contributed by atoms with van der Waals surface area (Å²) in [6, 6.07) is 9.49. The minimum Gasteiger partial charge on any atom is -0.439 e. The normalized spacial score (nSPS) is 12.2. The summed E-state index contributed by atoms with van der Waals surface area (Å²) in [4.78, 5) is 8.32. The molecule has 0 saturated heterocycles. The predicted octanol–water partition coefficient (Wildman–Crippen LogP) is 3.35. The topological polar surface area (TPSA) is 62.5 Å². The fourth-order valence-corrected chi connectivity index (χ4v) is 1.93. The van der Waals surface area contributed by atoms with Crippen molar-refractivity contribution in [2.45, 2.75) is 26.1 Å². The zero-order valence-electron chi connectivity index (χ0n) is 13.2. The third-order valence-corrected chi connectivity index (χ3v) is 3.03. The van der Waals surface area contributed by atoms with Crippen LogP contribution in [0.25, 0.3) is 11.3 Å². The van der Waals surface area contributed by atoms with Crippen molar-refractivity contribution in [1.29, 1.82) is 0 Å². The molecule has 2 N–H and O–H groups in total. The van der Waals surface area contributed by atoms with Gasteiger partial charge in [-0.15, -0.1) is 0 Å². The molecule has 0 unspecified atom stereocenters. The Balaban J connectivity index is 1.95. The summed E-state index contributed by atoms with van der Waals surface area (Å²) in [6.45, 7) is 2.27. The quantitative estimate of drug-likeness (QED) is 0.625. The third-order valence-electron chi connectivity index (χ3n) is 3.03. The number of alkyl halides is 3. The summed E-state index contributed by atoms with van der Waals surface area (Å²) < 4.78 is 42.1. The molecule has 0 bridgehead atoms. The van der Waals surface area contributed by atoms with E-state index in [0.29, 0.717) is 24.2 Å². The van der Waals surface area contributed by atoms with E-state index in [4.69, 9.17) is 4.42 Å². The van der Waals surface area contributed by atoms with Gasteiger partial charge in [0, 0.05) is 18.7 Å². The molecule has 2 rings (SSSR count). The fourth-order valence-electron chi connectivity index (χ4n) is 1.93. The Hall–Kier alpha value is -2.51. The number of oxazole rings is 1. The number of guanidine groups is 1. The lowest BCUT2D eigenvalue weighted by molar-refractivity contribution is -0.132. The number of nitrogens with one attached hydrogen (secondary N) is 2. The second-order valence-corrected chi connectivity index (χ2v) is 4.97. The molecule has 0 atom stereocenters. The van der Waals surface area contributed by atoms with Crippen molar-refractivity contribution in [3.05, 3.63) is 42.4 Å². The Morgan fingerprint density at radius 1 is 1.21 bits per heavy atom. The first-order valence-electron chi connectivity index (χ1n) is 7.57. The zero-order valence-corrected chi connectivity index (χ0v) is 13.2. The van der Waals surface area contributed by atoms with Gasteiger partial charge in [-0.2, -0.15) is 13.2 Å². The SMILES string of the molecule is CCNC(=NCc1ncc(-c2ccccc2)o1)NCCC(F)(F)F. The Labute approximate surface area is 138 Å². The summed E-state index contributed by atoms with van der Waals surface area (Å²) >= 11 is 0. The van der Waals surface area contributed by atoms with Crippen LogP contribution in [-0.4, -0.2) is 30.2 Å². The lowest BCUT2D eigenvalue weighted by Crippen LogP contribution is -2.38. The molecule has 1 aromatic heterocycles. The van der Waals surface area contributed by atoms with Gasteiger partial charge in [0.2, 0.25) is 5.89 Å². The number of rotatable bonds is 6. The summed E-state index contributed by atoms with van der Waals surface area (Å²) in [5, 5.41) is 5.52. The van der Waals surface area contributed by atoms with Gasteiger partial charge in [-0.1, -0.05) is 30.3 Å². The van der Waals surface area contributed by atoms with Crippen LogP contribution >= 0.6 is 0 Å². The maximum Gasteiger partial charge on any atom is 0.390 e. The second kappa shape index (κ2) is 8.37. The van der Waals surface area contributed by atoms with Gasteiger partial charge in [-0.05, 0) is 6.92 Å². The van der Waals surface area contributed by atoms with E-state index >= 15 is 0 Å². The van der Waals surface area contributed by atoms with Crippen LogP contribution in [0, 0.1) is 0 Å². The molecule has 8 heteroatoms. The molecule has 0 aliphatic rings. The number of aliphatic imine (C=N–C) groups is 1. The molecule has 0 fully saturated rings. The van der Waals surface area contributed by atoms with E-state index in [1.807, 2.05) is 37.3 Å². The Morgan fingerprint density at radius 3 is 2.62 bits per heavy atom. The van der Waals surface area contributed by atoms with Crippen LogP contribution < -0.4 is 10.6 Å². The van der Waals surface area contributed by atoms with Gasteiger partial charge >= 0.3 is 6.18 Å². The van der Waals surface area contributed by atoms with E-state index in [1.165, 1.54) is 0 Å². The number of hydrogen-bond donors (Lipinski definition) is 2. The highest BCUT2D eigenvalue weighted by Crippen LogP contribution is 2.20. The molecule has 24 heavy (non-hydrogen) atoms. The maximum absolute atomic E-state index is 12.2. The second-order valence-electron chi connectivity index (χ2n) is 4.97. The van der Waals surface area contributed by atoms with Crippen LogP contribution in [0.2, 0.25) is 0 Å². The molecular formula is C16H19F3N4O. The first kappa shape index (κ1) is 17.8. The number of nitrogens with zero attached hydrogens (tertiary/aromatic N) is 2. The van der Waals surface area contributed by atoms with E-state index in [-0.39, 0.29) is 13.1 Å². The lowest BCUT2D eigenvalue weighted by Gasteiger charge is -2.11. The van der Waals surface area contributed by atoms with Crippen molar-refractivity contribution in [2.75, 3.05) is 13.1 Å². The number of halogens is 3. The molecule has 0 radical (unpaired) electrons. The van der Waals surface area contributed by atoms with Crippen molar-refractivity contribution >= 4 is 5.96 Å². The fraction of sp³-hybridized carbons (Fsp3) is 0.375. The summed E-state index contributed by atoms with van der Waals surface area (Å²) in [5.74, 6) is 1.30. The van der Waals surface area contributed by atoms with Gasteiger partial charge in [0.25, 0.3) is 0 Å². The van der Waals surface area contributed by atoms with Crippen molar-refractivity contribution < 1.29 is 17.6 Å². The van der Waals surface area contributed by atoms with Crippen LogP contribution in [0.5, 0.6) is 0 Å². The Kier molecular flexibility index (Phi) is 6.22. The number of benzene rings is 1. The number of hydrogen-bond acceptors (Lipinski definition) is 3. The molecular weight excluding hydrogens is 321 g/mol. The largest absolute Gasteiger partial charge is 0.439 e. The van der Waals surface area contributed by atoms with Crippen LogP contribution in [0.4, 0.5) is 13.2 Å². The number of aromatic nitrogens is 1. The first-order chi connectivity index (χ1) is 11.5. The van der Waals surface area contributed by atoms with Crippen LogP contribution in [0.15, 0.2) is 45.9 Å². The van der Waals surface area contributed by atoms with Crippen molar-refractivity contribution in [3.63, 3.8) is 0 Å². The van der Waals surface area contributed by atoms with Gasteiger partial charge in [0.15, 0.2) is 11.7 Å². The van der Waals surface area contributed by atoms with Gasteiger partial charge in [-0.25, -0.2) is 9.98 Å². The lowest BCUT2D eigenvalue weighted by atomic mass is 10.2. The van der Waals surface area contributed by atoms with Gasteiger partial charge in [0.1, 0.15) is 6.54 Å². The van der Waals surface area contributed by atoms with Gasteiger partial charge in [0.05, 0.1) is 12.6 Å². The summed E-state index contributed by atoms with van der Waals surface area (Å²) in [6.07, 6.45) is -3.52. The van der Waals surface area contributed by atoms with Crippen LogP contribution in [0.3, 0.4) is 0 Å². The van der Waals surface area contributed by atoms with Gasteiger partial charge in [-0.3, -0.25) is 0 Å². The summed E-state index contributed by atoms with van der Waals surface area (Å²) in [7, 11) is 0. The van der Waals surface area contributed by atoms with E-state index in [9.17, 15) is 13.2 Å². The molecule has 0 amide bonds. The minimum absolute atomic E-state index is 0.133. The van der Waals surface area contributed by atoms with E-state index in [0.717, 1.165) is 5.56 Å². The third kappa shape index (κ3) is 5.94. The van der Waals surface area contributed by atoms with Crippen molar-refractivity contribution in [3.8, 4) is 11.3 Å². The van der Waals surface area contributed by atoms with E-state index in [2.05, 4.69) is 20.6 Å². The molecule has 1 aromatic carbocycles. The molecule has 0 aliphatic heterocycles. The Morgan fingerprint density at radius 2 is 1.96 bits per heavy atom. The molecule has 130 valence electrons. The zero-order chi connectivity index (χ0) is 17.4. The predicted molar refractivity (Wildman–Crippen MR) is 85.4 cm³/mol. The Bertz CT molecular complexity index is 653. The maximum atomic E-state index is 12.2. The smallest absolute Gasteiger partial charge is 0.390 e. The molecule has 5 nitrogen and oxygen atoms in total. The van der Waals surface area contributed by atoms with Crippen molar-refractivity contribution in [1.82, 2.24) is 15.6 Å². The summed E-state index contributed by atoms with van der Waals surface area (Å²) in [5.41, 5.74) is 0.899. The first-order valence-corrected chi connectivity index (χ1v) is 7.57. The highest BCUT2D eigenvalue weighted by molar-refractivity contribution is 5.79. The monoisotopic (exact) mass is 340 g/mol. The van der Waals surface area contributed by atoms with Crippen LogP contribution in [-0.2, 0) is 6.54 Å². The average molecular weight is 340 g/mol. The van der Waals surface area contributed by atoms with Gasteiger partial charge < -0.3 is 15.1 Å². The molecule has 2 aromatic rings. The minimum atomic E-state index is -4.20. The van der Waals surface area contributed by atoms with Crippen LogP contribution in [0.1, 0.15) is 19.2 Å². The van der Waals surface area contributed by atoms with Crippen molar-refractivity contribution in [2.24, 2.45) is 4.99 Å². The highest BCUT2D eigenvalue weighted by atomic mass is 19.4.